The topological polar surface area (TPSA) is 72.9 Å². The first-order chi connectivity index (χ1) is 11.3. The van der Waals surface area contributed by atoms with Crippen molar-refractivity contribution in [2.75, 3.05) is 39.3 Å². The number of rotatable bonds is 6. The quantitative estimate of drug-likeness (QED) is 0.765. The van der Waals surface area contributed by atoms with E-state index < -0.39 is 15.6 Å². The van der Waals surface area contributed by atoms with Crippen LogP contribution in [0.3, 0.4) is 0 Å². The minimum Gasteiger partial charge on any atom is -0.497 e. The minimum atomic E-state index is -3.31. The molecule has 1 aromatic carbocycles. The Labute approximate surface area is 143 Å². The summed E-state index contributed by atoms with van der Waals surface area (Å²) in [6.07, 6.45) is 2.63. The molecule has 134 valence electrons. The van der Waals surface area contributed by atoms with E-state index in [1.165, 1.54) is 0 Å². The fourth-order valence-electron chi connectivity index (χ4n) is 3.12. The third-order valence-corrected chi connectivity index (χ3v) is 5.13. The summed E-state index contributed by atoms with van der Waals surface area (Å²) in [5.41, 5.74) is 1.14. The van der Waals surface area contributed by atoms with E-state index in [2.05, 4.69) is 0 Å². The Morgan fingerprint density at radius 1 is 1.25 bits per heavy atom. The minimum absolute atomic E-state index is 0.0642. The Bertz CT molecular complexity index is 656. The second-order valence-electron chi connectivity index (χ2n) is 6.28. The van der Waals surface area contributed by atoms with Gasteiger partial charge in [-0.15, -0.1) is 0 Å². The van der Waals surface area contributed by atoms with Gasteiger partial charge in [0.1, 0.15) is 11.5 Å². The van der Waals surface area contributed by atoms with Gasteiger partial charge in [-0.1, -0.05) is 12.1 Å². The first-order valence-electron chi connectivity index (χ1n) is 7.93. The number of nitrogens with zero attached hydrogens (tertiary/aromatic N) is 1. The maximum atomic E-state index is 12.2. The van der Waals surface area contributed by atoms with Crippen LogP contribution in [0.25, 0.3) is 0 Å². The van der Waals surface area contributed by atoms with E-state index in [1.54, 1.807) is 19.1 Å². The zero-order valence-corrected chi connectivity index (χ0v) is 15.2. The monoisotopic (exact) mass is 355 g/mol. The van der Waals surface area contributed by atoms with E-state index in [0.717, 1.165) is 24.0 Å². The predicted molar refractivity (Wildman–Crippen MR) is 91.9 cm³/mol. The van der Waals surface area contributed by atoms with Gasteiger partial charge in [0.25, 0.3) is 0 Å². The molecule has 2 rings (SSSR count). The third-order valence-electron chi connectivity index (χ3n) is 4.36. The van der Waals surface area contributed by atoms with E-state index in [0.29, 0.717) is 19.5 Å². The first kappa shape index (κ1) is 18.7. The van der Waals surface area contributed by atoms with Crippen LogP contribution in [0.4, 0.5) is 0 Å². The van der Waals surface area contributed by atoms with E-state index in [9.17, 15) is 13.2 Å². The van der Waals surface area contributed by atoms with Crippen molar-refractivity contribution in [3.63, 3.8) is 0 Å². The second-order valence-corrected chi connectivity index (χ2v) is 8.43. The van der Waals surface area contributed by atoms with Crippen molar-refractivity contribution in [2.24, 2.45) is 5.92 Å². The smallest absolute Gasteiger partial charge is 0.237 e. The molecule has 0 radical (unpaired) electrons. The van der Waals surface area contributed by atoms with Crippen LogP contribution in [0.5, 0.6) is 5.75 Å². The maximum absolute atomic E-state index is 12.2. The zero-order chi connectivity index (χ0) is 17.7. The lowest BCUT2D eigenvalue weighted by Crippen LogP contribution is -2.48. The van der Waals surface area contributed by atoms with Gasteiger partial charge in [0.15, 0.2) is 9.84 Å². The van der Waals surface area contributed by atoms with Gasteiger partial charge in [-0.2, -0.15) is 0 Å². The number of sulfone groups is 1. The number of carbonyl (C=O) groups is 1. The van der Waals surface area contributed by atoms with Gasteiger partial charge in [-0.25, -0.2) is 8.42 Å². The third kappa shape index (κ3) is 5.21. The zero-order valence-electron chi connectivity index (χ0n) is 14.4. The average Bonchev–Trinajstić information content (AvgIpc) is 2.54. The molecule has 24 heavy (non-hydrogen) atoms. The highest BCUT2D eigenvalue weighted by atomic mass is 32.2. The molecule has 1 aromatic rings. The fraction of sp³-hybridized carbons (Fsp3) is 0.588. The molecule has 7 heteroatoms. The molecule has 0 unspecified atom stereocenters. The van der Waals surface area contributed by atoms with Gasteiger partial charge in [0.05, 0.1) is 13.2 Å². The van der Waals surface area contributed by atoms with Crippen molar-refractivity contribution < 1.29 is 22.7 Å². The van der Waals surface area contributed by atoms with Crippen molar-refractivity contribution >= 4 is 15.7 Å². The fourth-order valence-corrected chi connectivity index (χ4v) is 3.75. The van der Waals surface area contributed by atoms with Crippen molar-refractivity contribution in [3.8, 4) is 5.75 Å². The second kappa shape index (κ2) is 7.98. The normalized spacial score (nSPS) is 21.5. The van der Waals surface area contributed by atoms with Crippen molar-refractivity contribution in [3.05, 3.63) is 29.8 Å². The lowest BCUT2D eigenvalue weighted by Gasteiger charge is -2.38. The van der Waals surface area contributed by atoms with Crippen LogP contribution in [-0.2, 0) is 25.8 Å². The maximum Gasteiger partial charge on any atom is 0.237 e. The number of methoxy groups -OCH3 is 2. The van der Waals surface area contributed by atoms with E-state index in [4.69, 9.17) is 9.47 Å². The van der Waals surface area contributed by atoms with Crippen LogP contribution in [0.2, 0.25) is 0 Å². The van der Waals surface area contributed by atoms with Gasteiger partial charge in [0.2, 0.25) is 5.91 Å². The number of hydrogen-bond acceptors (Lipinski definition) is 5. The Kier molecular flexibility index (Phi) is 6.23. The van der Waals surface area contributed by atoms with Crippen LogP contribution >= 0.6 is 0 Å². The SMILES string of the molecule is COc1ccc(C[C@@H]2CN(C(=O)CS(C)(=O)=O)CC[C@@H]2OC)cc1. The Morgan fingerprint density at radius 3 is 2.46 bits per heavy atom. The Morgan fingerprint density at radius 2 is 1.92 bits per heavy atom. The van der Waals surface area contributed by atoms with E-state index in [1.807, 2.05) is 24.3 Å². The van der Waals surface area contributed by atoms with Crippen LogP contribution in [-0.4, -0.2) is 64.6 Å². The molecular formula is C17H25NO5S. The summed E-state index contributed by atoms with van der Waals surface area (Å²) >= 11 is 0. The molecule has 1 aliphatic rings. The number of benzene rings is 1. The van der Waals surface area contributed by atoms with Crippen LogP contribution < -0.4 is 4.74 Å². The van der Waals surface area contributed by atoms with Gasteiger partial charge < -0.3 is 14.4 Å². The van der Waals surface area contributed by atoms with Crippen molar-refractivity contribution in [1.82, 2.24) is 4.90 Å². The summed E-state index contributed by atoms with van der Waals surface area (Å²) in [5, 5.41) is 0. The Balaban J connectivity index is 2.05. The molecule has 0 N–H and O–H groups in total. The van der Waals surface area contributed by atoms with Gasteiger partial charge in [-0.05, 0) is 30.5 Å². The van der Waals surface area contributed by atoms with Crippen LogP contribution in [0.1, 0.15) is 12.0 Å². The van der Waals surface area contributed by atoms with E-state index >= 15 is 0 Å². The number of amides is 1. The van der Waals surface area contributed by atoms with Gasteiger partial charge in [0, 0.05) is 32.4 Å². The Hall–Kier alpha value is -1.60. The lowest BCUT2D eigenvalue weighted by molar-refractivity contribution is -0.132. The number of likely N-dealkylation sites (tertiary alicyclic amines) is 1. The lowest BCUT2D eigenvalue weighted by atomic mass is 9.88. The van der Waals surface area contributed by atoms with Gasteiger partial charge >= 0.3 is 0 Å². The largest absolute Gasteiger partial charge is 0.497 e. The summed E-state index contributed by atoms with van der Waals surface area (Å²) in [6, 6.07) is 7.82. The van der Waals surface area contributed by atoms with Crippen LogP contribution in [0.15, 0.2) is 24.3 Å². The summed E-state index contributed by atoms with van der Waals surface area (Å²) in [5.74, 6) is 0.183. The number of piperidine rings is 1. The van der Waals surface area contributed by atoms with Gasteiger partial charge in [-0.3, -0.25) is 4.79 Å². The van der Waals surface area contributed by atoms with Crippen molar-refractivity contribution in [2.45, 2.75) is 18.9 Å². The molecule has 6 nitrogen and oxygen atoms in total. The molecule has 1 heterocycles. The number of ether oxygens (including phenoxy) is 2. The predicted octanol–water partition coefficient (Wildman–Crippen LogP) is 1.15. The summed E-state index contributed by atoms with van der Waals surface area (Å²) < 4.78 is 33.4. The average molecular weight is 355 g/mol. The molecule has 0 spiro atoms. The molecule has 0 saturated carbocycles. The van der Waals surface area contributed by atoms with Crippen LogP contribution in [0, 0.1) is 5.92 Å². The number of hydrogen-bond donors (Lipinski definition) is 0. The summed E-state index contributed by atoms with van der Waals surface area (Å²) in [4.78, 5) is 13.8. The molecular weight excluding hydrogens is 330 g/mol. The highest BCUT2D eigenvalue weighted by Gasteiger charge is 2.32. The highest BCUT2D eigenvalue weighted by Crippen LogP contribution is 2.25. The first-order valence-corrected chi connectivity index (χ1v) is 9.99. The molecule has 0 aliphatic carbocycles. The summed E-state index contributed by atoms with van der Waals surface area (Å²) in [7, 11) is -0.00461. The highest BCUT2D eigenvalue weighted by molar-refractivity contribution is 7.91. The molecule has 1 aliphatic heterocycles. The number of carbonyl (C=O) groups excluding carboxylic acids is 1. The summed E-state index contributed by atoms with van der Waals surface area (Å²) in [6.45, 7) is 1.05. The molecule has 0 bridgehead atoms. The molecule has 1 amide bonds. The molecule has 2 atom stereocenters. The van der Waals surface area contributed by atoms with E-state index in [-0.39, 0.29) is 17.9 Å². The molecule has 1 saturated heterocycles. The molecule has 1 fully saturated rings. The standard InChI is InChI=1S/C17H25NO5S/c1-22-15-6-4-13(5-7-15)10-14-11-18(9-8-16(14)23-2)17(19)12-24(3,20)21/h4-7,14,16H,8-12H2,1-3H3/t14-,16+/m1/s1. The van der Waals surface area contributed by atoms with Crippen molar-refractivity contribution in [1.29, 1.82) is 0 Å². The molecule has 0 aromatic heterocycles.